The zero-order chi connectivity index (χ0) is 28.0. The summed E-state index contributed by atoms with van der Waals surface area (Å²) in [5.41, 5.74) is 0. The molecular weight excluding hydrogens is 498 g/mol. The van der Waals surface area contributed by atoms with Gasteiger partial charge in [-0.05, 0) is 53.4 Å². The van der Waals surface area contributed by atoms with Crippen LogP contribution < -0.4 is 0 Å². The lowest BCUT2D eigenvalue weighted by Gasteiger charge is -2.38. The maximum atomic E-state index is 11.8. The van der Waals surface area contributed by atoms with E-state index in [0.717, 1.165) is 38.5 Å². The van der Waals surface area contributed by atoms with Gasteiger partial charge in [0.15, 0.2) is 0 Å². The van der Waals surface area contributed by atoms with E-state index in [1.807, 2.05) is 0 Å². The van der Waals surface area contributed by atoms with Crippen LogP contribution in [0.3, 0.4) is 0 Å². The maximum absolute atomic E-state index is 11.8. The Morgan fingerprint density at radius 3 is 1.11 bits per heavy atom. The molecule has 4 unspecified atom stereocenters. The first kappa shape index (κ1) is 29.7. The fourth-order valence-electron chi connectivity index (χ4n) is 5.45. The third-order valence-electron chi connectivity index (χ3n) is 7.77. The number of rotatable bonds is 6. The normalized spacial score (nSPS) is 28.8. The van der Waals surface area contributed by atoms with Gasteiger partial charge in [0.2, 0.25) is 0 Å². The highest BCUT2D eigenvalue weighted by molar-refractivity contribution is 6.02. The molecule has 0 saturated carbocycles. The van der Waals surface area contributed by atoms with E-state index in [1.54, 1.807) is 0 Å². The van der Waals surface area contributed by atoms with Crippen LogP contribution in [0.2, 0.25) is 0 Å². The summed E-state index contributed by atoms with van der Waals surface area (Å²) in [6, 6.07) is 1.28. The Bertz CT molecular complexity index is 814. The Hall–Kier alpha value is -2.86. The summed E-state index contributed by atoms with van der Waals surface area (Å²) in [6.07, 6.45) is 7.06. The summed E-state index contributed by atoms with van der Waals surface area (Å²) in [5, 5.41) is 1.23. The van der Waals surface area contributed by atoms with E-state index in [4.69, 9.17) is 9.68 Å². The van der Waals surface area contributed by atoms with Crippen LogP contribution in [0, 0.1) is 0 Å². The number of imide groups is 2. The number of nitrogens with zero attached hydrogens (tertiary/aromatic N) is 4. The number of amides is 4. The lowest BCUT2D eigenvalue weighted by Crippen LogP contribution is -2.47. The molecule has 12 heteroatoms. The van der Waals surface area contributed by atoms with Gasteiger partial charge in [-0.25, -0.2) is 9.59 Å². The molecule has 0 N–H and O–H groups in total. The minimum absolute atomic E-state index is 0.124. The number of hydroxylamine groups is 4. The Labute approximate surface area is 223 Å². The van der Waals surface area contributed by atoms with Crippen molar-refractivity contribution < 1.29 is 38.4 Å². The van der Waals surface area contributed by atoms with E-state index in [1.165, 1.54) is 0 Å². The van der Waals surface area contributed by atoms with Gasteiger partial charge in [0.25, 0.3) is 23.6 Å². The molecule has 0 radical (unpaired) electrons. The zero-order valence-electron chi connectivity index (χ0n) is 22.8. The fourth-order valence-corrected chi connectivity index (χ4v) is 5.45. The molecule has 0 aliphatic carbocycles. The average Bonchev–Trinajstić information content (AvgIpc) is 3.34. The number of piperidine rings is 2. The zero-order valence-corrected chi connectivity index (χ0v) is 22.8. The standard InChI is InChI=1S/2C13H20N2O4/c2*1-9-4-3-5-10(2)14(9)8-13(18)19-15-11(16)6-7-12(15)17/h2*9-10H,3-8H2,1-2H3/i14+1;8+1. The fraction of sp³-hybridized carbons (Fsp3) is 0.769. The predicted octanol–water partition coefficient (Wildman–Crippen LogP) is 1.71. The monoisotopic (exact) mass is 538 g/mol. The highest BCUT2D eigenvalue weighted by atomic mass is 16.7. The topological polar surface area (TPSA) is 134 Å². The average molecular weight is 539 g/mol. The molecule has 0 aromatic heterocycles. The number of hydrogen-bond donors (Lipinski definition) is 0. The lowest BCUT2D eigenvalue weighted by atomic mass is 9.99. The maximum Gasteiger partial charge on any atom is 0.347 e. The predicted molar refractivity (Wildman–Crippen MR) is 133 cm³/mol. The van der Waals surface area contributed by atoms with Crippen LogP contribution in [0.25, 0.3) is 0 Å². The van der Waals surface area contributed by atoms with E-state index < -0.39 is 35.6 Å². The van der Waals surface area contributed by atoms with Crippen LogP contribution >= 0.6 is 0 Å². The highest BCUT2D eigenvalue weighted by Crippen LogP contribution is 2.23. The van der Waals surface area contributed by atoms with Gasteiger partial charge in [-0.1, -0.05) is 12.8 Å². The Morgan fingerprint density at radius 2 is 0.842 bits per heavy atom. The van der Waals surface area contributed by atoms with E-state index >= 15 is 0 Å². The molecule has 0 bridgehead atoms. The summed E-state index contributed by atoms with van der Waals surface area (Å²) >= 11 is 0. The summed E-state index contributed by atoms with van der Waals surface area (Å²) in [7, 11) is 0. The molecule has 0 aromatic rings. The van der Waals surface area contributed by atoms with Crippen LogP contribution in [-0.2, 0) is 38.4 Å². The van der Waals surface area contributed by atoms with Gasteiger partial charge in [-0.3, -0.25) is 29.0 Å². The van der Waals surface area contributed by atoms with Crippen molar-refractivity contribution in [3.05, 3.63) is 0 Å². The van der Waals surface area contributed by atoms with Crippen molar-refractivity contribution >= 4 is 35.6 Å². The molecule has 0 spiro atoms. The van der Waals surface area contributed by atoms with Crippen molar-refractivity contribution in [2.75, 3.05) is 13.1 Å². The van der Waals surface area contributed by atoms with Gasteiger partial charge in [0, 0.05) is 49.9 Å². The number of hydrogen-bond acceptors (Lipinski definition) is 10. The van der Waals surface area contributed by atoms with Gasteiger partial charge >= 0.3 is 11.9 Å². The number of carbonyl (C=O) groups is 6. The van der Waals surface area contributed by atoms with Crippen molar-refractivity contribution in [2.45, 2.75) is 116 Å². The molecule has 212 valence electrons. The van der Waals surface area contributed by atoms with Crippen LogP contribution in [0.1, 0.15) is 91.9 Å². The Kier molecular flexibility index (Phi) is 10.4. The molecule has 4 atom stereocenters. The first-order valence-electron chi connectivity index (χ1n) is 13.6. The van der Waals surface area contributed by atoms with E-state index in [0.29, 0.717) is 34.3 Å². The minimum Gasteiger partial charge on any atom is -0.329 e. The van der Waals surface area contributed by atoms with Crippen LogP contribution in [0.5, 0.6) is 0 Å². The quantitative estimate of drug-likeness (QED) is 0.279. The summed E-state index contributed by atoms with van der Waals surface area (Å²) in [4.78, 5) is 83.0. The molecule has 4 aliphatic heterocycles. The molecule has 4 saturated heterocycles. The molecule has 12 nitrogen and oxygen atoms in total. The Morgan fingerprint density at radius 1 is 0.579 bits per heavy atom. The highest BCUT2D eigenvalue weighted by Gasteiger charge is 2.36. The smallest absolute Gasteiger partial charge is 0.329 e. The van der Waals surface area contributed by atoms with Gasteiger partial charge < -0.3 is 9.68 Å². The second kappa shape index (κ2) is 13.3. The van der Waals surface area contributed by atoms with Gasteiger partial charge in [0.05, 0.1) is 13.1 Å². The van der Waals surface area contributed by atoms with Gasteiger partial charge in [-0.2, -0.15) is 0 Å². The van der Waals surface area contributed by atoms with Crippen molar-refractivity contribution in [3.8, 4) is 0 Å². The van der Waals surface area contributed by atoms with E-state index in [-0.39, 0.29) is 38.8 Å². The first-order chi connectivity index (χ1) is 18.0. The van der Waals surface area contributed by atoms with E-state index in [9.17, 15) is 28.8 Å². The second-order valence-electron chi connectivity index (χ2n) is 10.7. The summed E-state index contributed by atoms with van der Waals surface area (Å²) in [5.74, 6) is -2.80. The molecule has 4 fully saturated rings. The third kappa shape index (κ3) is 7.59. The van der Waals surface area contributed by atoms with Crippen molar-refractivity contribution in [3.63, 3.8) is 0 Å². The largest absolute Gasteiger partial charge is 0.347 e. The van der Waals surface area contributed by atoms with Crippen LogP contribution in [0.4, 0.5) is 0 Å². The Balaban J connectivity index is 0.000000211. The molecule has 4 aliphatic rings. The molecule has 4 amide bonds. The third-order valence-corrected chi connectivity index (χ3v) is 7.77. The summed E-state index contributed by atoms with van der Waals surface area (Å²) in [6.45, 7) is 8.56. The molecule has 38 heavy (non-hydrogen) atoms. The summed E-state index contributed by atoms with van der Waals surface area (Å²) < 4.78 is 0. The SMILES string of the molecule is CC1CCCC(C)N1[13CH2]C(=O)ON1C(=O)CCC1=O.CC1CCCC(C)[15N]1CC(=O)ON1C(=O)CCC1=O. The number of likely N-dealkylation sites (tertiary alicyclic amines) is 2. The molecule has 4 heterocycles. The van der Waals surface area contributed by atoms with Crippen LogP contribution in [-0.4, -0.2) is 92.8 Å². The van der Waals surface area contributed by atoms with Gasteiger partial charge in [-0.15, -0.1) is 10.1 Å². The van der Waals surface area contributed by atoms with Crippen molar-refractivity contribution in [1.82, 2.24) is 19.9 Å². The van der Waals surface area contributed by atoms with Crippen LogP contribution in [0.15, 0.2) is 0 Å². The van der Waals surface area contributed by atoms with Gasteiger partial charge in [0.1, 0.15) is 0 Å². The van der Waals surface area contributed by atoms with Crippen molar-refractivity contribution in [1.29, 1.82) is 0 Å². The lowest BCUT2D eigenvalue weighted by molar-refractivity contribution is -0.199. The van der Waals surface area contributed by atoms with E-state index in [2.05, 4.69) is 37.5 Å². The molecular formula is C26H40N4O8. The molecule has 0 aromatic carbocycles. The second-order valence-corrected chi connectivity index (χ2v) is 10.7. The first-order valence-corrected chi connectivity index (χ1v) is 13.6. The number of carbonyl (C=O) groups excluding carboxylic acids is 6. The van der Waals surface area contributed by atoms with Crippen molar-refractivity contribution in [2.24, 2.45) is 0 Å². The minimum atomic E-state index is -0.538. The molecule has 4 rings (SSSR count).